The highest BCUT2D eigenvalue weighted by molar-refractivity contribution is 5.86. The third kappa shape index (κ3) is 4.84. The number of aromatic nitrogens is 5. The highest BCUT2D eigenvalue weighted by atomic mass is 16.3. The standard InChI is InChI=1S/C29H39N7O/c1-29(2,3)19-5-6-22-23(14-19)35-26(34-22)7-4-17-10-20(11-17)31-15-18-12-24(25(37)13-18)36-9-8-21-27(30)32-16-33-28(21)36/h5-6,8-9,14,16-18,20,24-25,31,37H,4,7,10-13,15H2,1-3H3,(H,34,35)(H2,30,32,33)/t17-,18-,20-,24+,25+/m0/s1. The van der Waals surface area contributed by atoms with Crippen LogP contribution in [-0.2, 0) is 11.8 Å². The van der Waals surface area contributed by atoms with Gasteiger partial charge in [0, 0.05) is 18.7 Å². The number of nitrogen functional groups attached to an aromatic ring is 1. The topological polar surface area (TPSA) is 118 Å². The fraction of sp³-hybridized carbons (Fsp3) is 0.552. The molecule has 2 fully saturated rings. The molecule has 1 aromatic carbocycles. The largest absolute Gasteiger partial charge is 0.391 e. The van der Waals surface area contributed by atoms with E-state index in [1.165, 1.54) is 31.2 Å². The van der Waals surface area contributed by atoms with E-state index >= 15 is 0 Å². The molecule has 0 amide bonds. The molecule has 2 saturated carbocycles. The smallest absolute Gasteiger partial charge is 0.145 e. The van der Waals surface area contributed by atoms with Gasteiger partial charge in [0.15, 0.2) is 0 Å². The number of hydrogen-bond acceptors (Lipinski definition) is 6. The Morgan fingerprint density at radius 3 is 2.76 bits per heavy atom. The number of H-pyrrole nitrogens is 1. The number of aliphatic hydroxyl groups excluding tert-OH is 1. The van der Waals surface area contributed by atoms with Crippen LogP contribution in [0, 0.1) is 11.8 Å². The van der Waals surface area contributed by atoms with Gasteiger partial charge >= 0.3 is 0 Å². The summed E-state index contributed by atoms with van der Waals surface area (Å²) in [6, 6.07) is 9.18. The number of aliphatic hydroxyl groups is 1. The fourth-order valence-corrected chi connectivity index (χ4v) is 6.27. The second-order valence-corrected chi connectivity index (χ2v) is 12.3. The highest BCUT2D eigenvalue weighted by Crippen LogP contribution is 2.38. The van der Waals surface area contributed by atoms with Crippen LogP contribution in [0.2, 0.25) is 0 Å². The SMILES string of the molecule is CC(C)(C)c1ccc2[nH]c(CC[C@H]3C[C@H](NC[C@@H]4C[C@@H](O)[C@H](n5ccc6c(N)ncnc65)C4)C3)nc2c1. The van der Waals surface area contributed by atoms with E-state index < -0.39 is 0 Å². The minimum Gasteiger partial charge on any atom is -0.391 e. The third-order valence-corrected chi connectivity index (χ3v) is 8.61. The lowest BCUT2D eigenvalue weighted by atomic mass is 9.77. The molecule has 2 aliphatic rings. The van der Waals surface area contributed by atoms with Gasteiger partial charge < -0.3 is 25.7 Å². The molecule has 5 N–H and O–H groups in total. The van der Waals surface area contributed by atoms with Crippen molar-refractivity contribution in [2.45, 2.75) is 82.9 Å². The number of fused-ring (bicyclic) bond motifs is 2. The van der Waals surface area contributed by atoms with Gasteiger partial charge in [-0.15, -0.1) is 0 Å². The molecule has 0 aliphatic heterocycles. The first-order valence-corrected chi connectivity index (χ1v) is 13.7. The second kappa shape index (κ2) is 9.40. The number of nitrogens with zero attached hydrogens (tertiary/aromatic N) is 4. The summed E-state index contributed by atoms with van der Waals surface area (Å²) in [7, 11) is 0. The molecule has 0 radical (unpaired) electrons. The van der Waals surface area contributed by atoms with Crippen LogP contribution in [0.25, 0.3) is 22.1 Å². The summed E-state index contributed by atoms with van der Waals surface area (Å²) in [5.41, 5.74) is 10.5. The summed E-state index contributed by atoms with van der Waals surface area (Å²) in [6.45, 7) is 7.69. The summed E-state index contributed by atoms with van der Waals surface area (Å²) < 4.78 is 2.08. The van der Waals surface area contributed by atoms with Crippen molar-refractivity contribution >= 4 is 27.9 Å². The molecule has 3 atom stereocenters. The van der Waals surface area contributed by atoms with Crippen molar-refractivity contribution in [3.63, 3.8) is 0 Å². The summed E-state index contributed by atoms with van der Waals surface area (Å²) in [5, 5.41) is 15.4. The minimum atomic E-state index is -0.365. The van der Waals surface area contributed by atoms with Crippen molar-refractivity contribution in [3.8, 4) is 0 Å². The van der Waals surface area contributed by atoms with Gasteiger partial charge in [-0.2, -0.15) is 0 Å². The molecule has 3 aromatic heterocycles. The second-order valence-electron chi connectivity index (χ2n) is 12.3. The van der Waals surface area contributed by atoms with E-state index in [4.69, 9.17) is 10.7 Å². The van der Waals surface area contributed by atoms with Gasteiger partial charge in [0.1, 0.15) is 23.6 Å². The molecule has 6 rings (SSSR count). The average Bonchev–Trinajstić information content (AvgIpc) is 3.53. The van der Waals surface area contributed by atoms with Gasteiger partial charge in [-0.05, 0) is 79.7 Å². The van der Waals surface area contributed by atoms with Crippen LogP contribution < -0.4 is 11.1 Å². The van der Waals surface area contributed by atoms with Crippen LogP contribution in [-0.4, -0.2) is 48.3 Å². The molecule has 0 bridgehead atoms. The van der Waals surface area contributed by atoms with E-state index in [1.807, 2.05) is 12.3 Å². The van der Waals surface area contributed by atoms with Crippen molar-refractivity contribution in [2.24, 2.45) is 11.8 Å². The Bertz CT molecular complexity index is 1390. The predicted octanol–water partition coefficient (Wildman–Crippen LogP) is 4.50. The van der Waals surface area contributed by atoms with Crippen molar-refractivity contribution < 1.29 is 5.11 Å². The Morgan fingerprint density at radius 2 is 1.95 bits per heavy atom. The molecular formula is C29H39N7O. The van der Waals surface area contributed by atoms with E-state index in [2.05, 4.69) is 63.8 Å². The molecule has 2 aliphatic carbocycles. The van der Waals surface area contributed by atoms with Gasteiger partial charge in [-0.1, -0.05) is 26.8 Å². The van der Waals surface area contributed by atoms with Crippen LogP contribution in [0.1, 0.15) is 70.3 Å². The minimum absolute atomic E-state index is 0.0380. The number of anilines is 1. The van der Waals surface area contributed by atoms with E-state index in [1.54, 1.807) is 0 Å². The van der Waals surface area contributed by atoms with E-state index in [0.717, 1.165) is 59.6 Å². The van der Waals surface area contributed by atoms with Crippen molar-refractivity contribution in [1.82, 2.24) is 29.8 Å². The molecular weight excluding hydrogens is 462 g/mol. The van der Waals surface area contributed by atoms with Crippen LogP contribution in [0.5, 0.6) is 0 Å². The van der Waals surface area contributed by atoms with Crippen molar-refractivity contribution in [1.29, 1.82) is 0 Å². The first-order chi connectivity index (χ1) is 17.7. The van der Waals surface area contributed by atoms with Gasteiger partial charge in [0.2, 0.25) is 0 Å². The zero-order valence-electron chi connectivity index (χ0n) is 22.1. The summed E-state index contributed by atoms with van der Waals surface area (Å²) in [4.78, 5) is 16.9. The molecule has 4 aromatic rings. The first-order valence-electron chi connectivity index (χ1n) is 13.7. The molecule has 37 heavy (non-hydrogen) atoms. The molecule has 196 valence electrons. The van der Waals surface area contributed by atoms with Gasteiger partial charge in [0.05, 0.1) is 28.6 Å². The number of nitrogens with two attached hydrogens (primary N) is 1. The Kier molecular flexibility index (Phi) is 6.19. The first kappa shape index (κ1) is 24.4. The fourth-order valence-electron chi connectivity index (χ4n) is 6.27. The maximum absolute atomic E-state index is 10.8. The van der Waals surface area contributed by atoms with E-state index in [-0.39, 0.29) is 17.6 Å². The van der Waals surface area contributed by atoms with E-state index in [0.29, 0.717) is 17.8 Å². The number of hydrogen-bond donors (Lipinski definition) is 4. The Hall–Kier alpha value is -2.97. The summed E-state index contributed by atoms with van der Waals surface area (Å²) in [5.74, 6) is 2.82. The molecule has 0 spiro atoms. The van der Waals surface area contributed by atoms with Crippen LogP contribution in [0.3, 0.4) is 0 Å². The van der Waals surface area contributed by atoms with Gasteiger partial charge in [-0.25, -0.2) is 15.0 Å². The zero-order valence-corrected chi connectivity index (χ0v) is 22.1. The number of aromatic amines is 1. The Morgan fingerprint density at radius 1 is 1.11 bits per heavy atom. The van der Waals surface area contributed by atoms with Crippen LogP contribution in [0.4, 0.5) is 5.82 Å². The van der Waals surface area contributed by atoms with Crippen molar-refractivity contribution in [2.75, 3.05) is 12.3 Å². The molecule has 0 unspecified atom stereocenters. The normalized spacial score (nSPS) is 26.2. The van der Waals surface area contributed by atoms with Crippen molar-refractivity contribution in [3.05, 3.63) is 48.2 Å². The predicted molar refractivity (Wildman–Crippen MR) is 147 cm³/mol. The average molecular weight is 502 g/mol. The molecule has 0 saturated heterocycles. The summed E-state index contributed by atoms with van der Waals surface area (Å²) in [6.07, 6.45) is 9.53. The molecule has 8 heteroatoms. The van der Waals surface area contributed by atoms with E-state index in [9.17, 15) is 5.11 Å². The zero-order chi connectivity index (χ0) is 25.7. The molecule has 8 nitrogen and oxygen atoms in total. The van der Waals surface area contributed by atoms with Crippen LogP contribution in [0.15, 0.2) is 36.8 Å². The molecule has 3 heterocycles. The maximum Gasteiger partial charge on any atom is 0.145 e. The number of benzene rings is 1. The third-order valence-electron chi connectivity index (χ3n) is 8.61. The number of imidazole rings is 1. The van der Waals surface area contributed by atoms with Gasteiger partial charge in [-0.3, -0.25) is 0 Å². The Labute approximate surface area is 218 Å². The Balaban J connectivity index is 0.962. The summed E-state index contributed by atoms with van der Waals surface area (Å²) >= 11 is 0. The quantitative estimate of drug-likeness (QED) is 0.296. The monoisotopic (exact) mass is 501 g/mol. The number of aryl methyl sites for hydroxylation is 1. The lowest BCUT2D eigenvalue weighted by molar-refractivity contribution is 0.135. The lowest BCUT2D eigenvalue weighted by Gasteiger charge is -2.36. The maximum atomic E-state index is 10.8. The number of rotatable bonds is 7. The van der Waals surface area contributed by atoms with Gasteiger partial charge in [0.25, 0.3) is 0 Å². The highest BCUT2D eigenvalue weighted by Gasteiger charge is 2.36. The lowest BCUT2D eigenvalue weighted by Crippen LogP contribution is -2.43. The number of nitrogens with one attached hydrogen (secondary N) is 2. The van der Waals surface area contributed by atoms with Crippen LogP contribution >= 0.6 is 0 Å².